The van der Waals surface area contributed by atoms with Gasteiger partial charge < -0.3 is 15.1 Å². The van der Waals surface area contributed by atoms with Gasteiger partial charge in [-0.3, -0.25) is 4.79 Å². The number of phenolic OH excluding ortho intramolecular Hbond substituents is 1. The number of phenols is 1. The molecule has 132 valence electrons. The summed E-state index contributed by atoms with van der Waals surface area (Å²) in [6.45, 7) is 3.05. The summed E-state index contributed by atoms with van der Waals surface area (Å²) in [7, 11) is 0. The molecule has 1 unspecified atom stereocenters. The van der Waals surface area contributed by atoms with Crippen LogP contribution >= 0.6 is 0 Å². The molecule has 1 atom stereocenters. The Hall–Kier alpha value is -2.33. The molecular formula is C21H25NO3. The number of aromatic hydroxyl groups is 1. The van der Waals surface area contributed by atoms with Gasteiger partial charge in [-0.2, -0.15) is 0 Å². The maximum Gasteiger partial charge on any atom is 0.254 e. The van der Waals surface area contributed by atoms with E-state index in [9.17, 15) is 15.0 Å². The molecule has 1 fully saturated rings. The lowest BCUT2D eigenvalue weighted by atomic mass is 9.87. The van der Waals surface area contributed by atoms with Crippen LogP contribution in [-0.4, -0.2) is 40.2 Å². The third kappa shape index (κ3) is 4.02. The molecule has 0 aliphatic carbocycles. The summed E-state index contributed by atoms with van der Waals surface area (Å²) in [6, 6.07) is 15.1. The van der Waals surface area contributed by atoms with Gasteiger partial charge in [0.05, 0.1) is 6.10 Å². The second-order valence-electron chi connectivity index (χ2n) is 6.84. The van der Waals surface area contributed by atoms with Crippen molar-refractivity contribution in [3.05, 3.63) is 65.2 Å². The van der Waals surface area contributed by atoms with Crippen LogP contribution in [-0.2, 0) is 6.42 Å². The van der Waals surface area contributed by atoms with Crippen LogP contribution in [0.4, 0.5) is 0 Å². The predicted octanol–water partition coefficient (Wildman–Crippen LogP) is 3.16. The molecule has 2 aromatic carbocycles. The number of carbonyl (C=O) groups excluding carboxylic acids is 1. The first-order valence-electron chi connectivity index (χ1n) is 8.86. The molecule has 3 rings (SSSR count). The summed E-state index contributed by atoms with van der Waals surface area (Å²) in [5.41, 5.74) is 2.32. The first-order valence-corrected chi connectivity index (χ1v) is 8.86. The van der Waals surface area contributed by atoms with Crippen LogP contribution in [0.15, 0.2) is 48.5 Å². The third-order valence-electron chi connectivity index (χ3n) is 5.19. The molecule has 0 radical (unpaired) electrons. The van der Waals surface area contributed by atoms with Gasteiger partial charge in [0.2, 0.25) is 0 Å². The molecule has 1 heterocycles. The summed E-state index contributed by atoms with van der Waals surface area (Å²) in [5.74, 6) is 0.331. The molecule has 0 saturated carbocycles. The molecule has 1 saturated heterocycles. The Morgan fingerprint density at radius 3 is 2.48 bits per heavy atom. The van der Waals surface area contributed by atoms with E-state index < -0.39 is 0 Å². The highest BCUT2D eigenvalue weighted by Crippen LogP contribution is 2.26. The average Bonchev–Trinajstić information content (AvgIpc) is 2.64. The van der Waals surface area contributed by atoms with Crippen molar-refractivity contribution in [3.63, 3.8) is 0 Å². The van der Waals surface area contributed by atoms with Crippen LogP contribution in [0.2, 0.25) is 0 Å². The van der Waals surface area contributed by atoms with Crippen molar-refractivity contribution in [3.8, 4) is 5.75 Å². The number of nitrogens with zero attached hydrogens (tertiary/aromatic N) is 1. The third-order valence-corrected chi connectivity index (χ3v) is 5.19. The van der Waals surface area contributed by atoms with Gasteiger partial charge >= 0.3 is 0 Å². The van der Waals surface area contributed by atoms with Crippen LogP contribution in [0, 0.1) is 12.8 Å². The number of aliphatic hydroxyl groups excluding tert-OH is 1. The van der Waals surface area contributed by atoms with E-state index in [2.05, 4.69) is 0 Å². The molecule has 25 heavy (non-hydrogen) atoms. The molecule has 4 heteroatoms. The Balaban J connectivity index is 1.58. The van der Waals surface area contributed by atoms with Crippen molar-refractivity contribution in [2.75, 3.05) is 13.1 Å². The van der Waals surface area contributed by atoms with Crippen molar-refractivity contribution in [2.45, 2.75) is 32.3 Å². The fourth-order valence-corrected chi connectivity index (χ4v) is 3.54. The second-order valence-corrected chi connectivity index (χ2v) is 6.84. The van der Waals surface area contributed by atoms with Crippen molar-refractivity contribution in [1.82, 2.24) is 4.90 Å². The van der Waals surface area contributed by atoms with Crippen molar-refractivity contribution < 1.29 is 15.0 Å². The van der Waals surface area contributed by atoms with Gasteiger partial charge in [0.15, 0.2) is 0 Å². The number of likely N-dealkylation sites (tertiary alicyclic amines) is 1. The van der Waals surface area contributed by atoms with Crippen LogP contribution in [0.3, 0.4) is 0 Å². The standard InChI is InChI=1S/C21H25NO3/c1-15-18(8-5-9-19(15)23)21(25)22-12-10-17(11-13-22)20(24)14-16-6-3-2-4-7-16/h2-9,17,20,23-24H,10-14H2,1H3. The predicted molar refractivity (Wildman–Crippen MR) is 97.6 cm³/mol. The maximum absolute atomic E-state index is 12.7. The second kappa shape index (κ2) is 7.70. The Morgan fingerprint density at radius 1 is 1.12 bits per heavy atom. The summed E-state index contributed by atoms with van der Waals surface area (Å²) in [4.78, 5) is 14.5. The maximum atomic E-state index is 12.7. The van der Waals surface area contributed by atoms with E-state index >= 15 is 0 Å². The van der Waals surface area contributed by atoms with E-state index in [-0.39, 0.29) is 23.7 Å². The van der Waals surface area contributed by atoms with Gasteiger partial charge in [-0.15, -0.1) is 0 Å². The minimum atomic E-state index is -0.373. The molecule has 4 nitrogen and oxygen atoms in total. The molecule has 1 amide bonds. The molecule has 2 N–H and O–H groups in total. The SMILES string of the molecule is Cc1c(O)cccc1C(=O)N1CCC(C(O)Cc2ccccc2)CC1. The Morgan fingerprint density at radius 2 is 1.80 bits per heavy atom. The zero-order valence-electron chi connectivity index (χ0n) is 14.6. The largest absolute Gasteiger partial charge is 0.508 e. The normalized spacial score (nSPS) is 16.6. The van der Waals surface area contributed by atoms with E-state index in [1.165, 1.54) is 0 Å². The Labute approximate surface area is 148 Å². The first-order chi connectivity index (χ1) is 12.1. The molecule has 0 bridgehead atoms. The molecular weight excluding hydrogens is 314 g/mol. The molecule has 0 spiro atoms. The molecule has 1 aliphatic heterocycles. The Bertz CT molecular complexity index is 721. The highest BCUT2D eigenvalue weighted by Gasteiger charge is 2.28. The summed E-state index contributed by atoms with van der Waals surface area (Å²) < 4.78 is 0. The van der Waals surface area contributed by atoms with Crippen molar-refractivity contribution in [2.24, 2.45) is 5.92 Å². The van der Waals surface area contributed by atoms with E-state index in [4.69, 9.17) is 0 Å². The zero-order chi connectivity index (χ0) is 17.8. The number of hydrogen-bond donors (Lipinski definition) is 2. The van der Waals surface area contributed by atoms with Crippen molar-refractivity contribution in [1.29, 1.82) is 0 Å². The fourth-order valence-electron chi connectivity index (χ4n) is 3.54. The summed E-state index contributed by atoms with van der Waals surface area (Å²) >= 11 is 0. The lowest BCUT2D eigenvalue weighted by Crippen LogP contribution is -2.41. The number of carbonyl (C=O) groups is 1. The highest BCUT2D eigenvalue weighted by atomic mass is 16.3. The van der Waals surface area contributed by atoms with Crippen LogP contribution < -0.4 is 0 Å². The lowest BCUT2D eigenvalue weighted by molar-refractivity contribution is 0.0467. The van der Waals surface area contributed by atoms with E-state index in [1.807, 2.05) is 35.2 Å². The van der Waals surface area contributed by atoms with Crippen LogP contribution in [0.25, 0.3) is 0 Å². The zero-order valence-corrected chi connectivity index (χ0v) is 14.6. The van der Waals surface area contributed by atoms with E-state index in [1.54, 1.807) is 25.1 Å². The number of aliphatic hydroxyl groups is 1. The van der Waals surface area contributed by atoms with Crippen LogP contribution in [0.5, 0.6) is 5.75 Å². The quantitative estimate of drug-likeness (QED) is 0.899. The topological polar surface area (TPSA) is 60.8 Å². The van der Waals surface area contributed by atoms with Gasteiger partial charge in [-0.05, 0) is 49.8 Å². The average molecular weight is 339 g/mol. The monoisotopic (exact) mass is 339 g/mol. The summed E-state index contributed by atoms with van der Waals surface area (Å²) in [5, 5.41) is 20.3. The molecule has 0 aromatic heterocycles. The van der Waals surface area contributed by atoms with E-state index in [0.717, 1.165) is 18.4 Å². The lowest BCUT2D eigenvalue weighted by Gasteiger charge is -2.34. The Kier molecular flexibility index (Phi) is 5.39. The van der Waals surface area contributed by atoms with Crippen molar-refractivity contribution >= 4 is 5.91 Å². The summed E-state index contributed by atoms with van der Waals surface area (Å²) in [6.07, 6.45) is 1.89. The minimum Gasteiger partial charge on any atom is -0.508 e. The van der Waals surface area contributed by atoms with Gasteiger partial charge in [0.25, 0.3) is 5.91 Å². The number of amides is 1. The highest BCUT2D eigenvalue weighted by molar-refractivity contribution is 5.96. The number of benzene rings is 2. The first kappa shape index (κ1) is 17.5. The number of piperidine rings is 1. The van der Waals surface area contributed by atoms with Gasteiger partial charge in [0, 0.05) is 24.2 Å². The smallest absolute Gasteiger partial charge is 0.254 e. The number of rotatable bonds is 4. The molecule has 1 aliphatic rings. The molecule has 2 aromatic rings. The minimum absolute atomic E-state index is 0.0376. The number of hydrogen-bond acceptors (Lipinski definition) is 3. The van der Waals surface area contributed by atoms with Gasteiger partial charge in [-0.25, -0.2) is 0 Å². The van der Waals surface area contributed by atoms with Gasteiger partial charge in [-0.1, -0.05) is 36.4 Å². The fraction of sp³-hybridized carbons (Fsp3) is 0.381. The van der Waals surface area contributed by atoms with Gasteiger partial charge in [0.1, 0.15) is 5.75 Å². The van der Waals surface area contributed by atoms with Crippen LogP contribution in [0.1, 0.15) is 34.3 Å². The van der Waals surface area contributed by atoms with E-state index in [0.29, 0.717) is 30.6 Å².